The Balaban J connectivity index is 1.59. The monoisotopic (exact) mass is 435 g/mol. The van der Waals surface area contributed by atoms with E-state index in [0.717, 1.165) is 31.2 Å². The number of aromatic nitrogens is 2. The van der Waals surface area contributed by atoms with Gasteiger partial charge in [0.25, 0.3) is 5.89 Å². The summed E-state index contributed by atoms with van der Waals surface area (Å²) in [5, 5.41) is 12.2. The first kappa shape index (κ1) is 19.2. The van der Waals surface area contributed by atoms with Gasteiger partial charge in [0, 0.05) is 10.0 Å². The minimum Gasteiger partial charge on any atom is -0.403 e. The number of hydrogen-bond acceptors (Lipinski definition) is 4. The minimum absolute atomic E-state index is 0.0336. The summed E-state index contributed by atoms with van der Waals surface area (Å²) in [6.45, 7) is 0. The molecule has 1 aliphatic carbocycles. The fourth-order valence-corrected chi connectivity index (χ4v) is 4.27. The second kappa shape index (κ2) is 7.74. The van der Waals surface area contributed by atoms with Crippen molar-refractivity contribution in [2.24, 2.45) is 0 Å². The first-order valence-electron chi connectivity index (χ1n) is 8.84. The van der Waals surface area contributed by atoms with E-state index in [2.05, 4.69) is 15.5 Å². The smallest absolute Gasteiger partial charge is 0.322 e. The molecule has 1 heterocycles. The molecule has 8 heteroatoms. The second-order valence-corrected chi connectivity index (χ2v) is 8.07. The summed E-state index contributed by atoms with van der Waals surface area (Å²) in [4.78, 5) is 13.2. The number of nitrogens with zero attached hydrogens (tertiary/aromatic N) is 2. The molecule has 0 unspecified atom stereocenters. The van der Waals surface area contributed by atoms with Crippen LogP contribution in [0.2, 0.25) is 15.1 Å². The molecule has 1 aliphatic rings. The zero-order valence-electron chi connectivity index (χ0n) is 14.7. The van der Waals surface area contributed by atoms with E-state index >= 15 is 0 Å². The Morgan fingerprint density at radius 2 is 1.64 bits per heavy atom. The quantitative estimate of drug-likeness (QED) is 0.533. The molecule has 1 aromatic heterocycles. The van der Waals surface area contributed by atoms with Crippen LogP contribution in [0, 0.1) is 0 Å². The number of carbonyl (C=O) groups is 1. The highest BCUT2D eigenvalue weighted by Gasteiger charge is 2.43. The normalized spacial score (nSPS) is 15.5. The molecule has 0 atom stereocenters. The van der Waals surface area contributed by atoms with E-state index in [4.69, 9.17) is 39.2 Å². The van der Waals surface area contributed by atoms with E-state index in [1.54, 1.807) is 30.3 Å². The lowest BCUT2D eigenvalue weighted by atomic mass is 9.78. The number of amides is 1. The maximum atomic E-state index is 13.2. The van der Waals surface area contributed by atoms with Crippen LogP contribution in [-0.2, 0) is 10.2 Å². The van der Waals surface area contributed by atoms with Gasteiger partial charge in [0.1, 0.15) is 0 Å². The van der Waals surface area contributed by atoms with Crippen LogP contribution >= 0.6 is 34.8 Å². The molecule has 1 fully saturated rings. The molecule has 1 saturated carbocycles. The molecule has 0 spiro atoms. The zero-order valence-corrected chi connectivity index (χ0v) is 17.0. The van der Waals surface area contributed by atoms with E-state index < -0.39 is 5.41 Å². The van der Waals surface area contributed by atoms with Gasteiger partial charge in [-0.3, -0.25) is 10.1 Å². The van der Waals surface area contributed by atoms with Gasteiger partial charge in [0.2, 0.25) is 5.91 Å². The molecule has 0 radical (unpaired) electrons. The van der Waals surface area contributed by atoms with Crippen molar-refractivity contribution < 1.29 is 9.21 Å². The summed E-state index contributed by atoms with van der Waals surface area (Å²) < 4.78 is 5.62. The van der Waals surface area contributed by atoms with Gasteiger partial charge in [-0.2, -0.15) is 0 Å². The summed E-state index contributed by atoms with van der Waals surface area (Å²) >= 11 is 18.1. The van der Waals surface area contributed by atoms with Crippen molar-refractivity contribution in [3.8, 4) is 11.5 Å². The summed E-state index contributed by atoms with van der Waals surface area (Å²) in [6, 6.07) is 12.4. The van der Waals surface area contributed by atoms with E-state index in [1.165, 1.54) is 0 Å². The predicted octanol–water partition coefficient (Wildman–Crippen LogP) is 6.15. The molecule has 4 rings (SSSR count). The lowest BCUT2D eigenvalue weighted by Crippen LogP contribution is -2.38. The molecule has 144 valence electrons. The Bertz CT molecular complexity index is 1010. The van der Waals surface area contributed by atoms with Crippen LogP contribution in [0.3, 0.4) is 0 Å². The number of benzene rings is 2. The highest BCUT2D eigenvalue weighted by molar-refractivity contribution is 6.36. The lowest BCUT2D eigenvalue weighted by molar-refractivity contribution is -0.121. The Morgan fingerprint density at radius 3 is 2.32 bits per heavy atom. The van der Waals surface area contributed by atoms with Gasteiger partial charge in [0.05, 0.1) is 16.0 Å². The number of anilines is 1. The maximum absolute atomic E-state index is 13.2. The summed E-state index contributed by atoms with van der Waals surface area (Å²) in [5.41, 5.74) is 0.858. The van der Waals surface area contributed by atoms with Crippen LogP contribution in [-0.4, -0.2) is 16.1 Å². The average molecular weight is 437 g/mol. The van der Waals surface area contributed by atoms with Gasteiger partial charge in [0.15, 0.2) is 0 Å². The van der Waals surface area contributed by atoms with Crippen LogP contribution in [0.4, 0.5) is 6.01 Å². The van der Waals surface area contributed by atoms with E-state index in [-0.39, 0.29) is 17.8 Å². The van der Waals surface area contributed by atoms with Gasteiger partial charge >= 0.3 is 6.01 Å². The molecule has 3 aromatic rings. The SMILES string of the molecule is O=C(Nc1nnc(-c2ccc(Cl)cc2Cl)o1)C1(c2ccc(Cl)cc2)CCCC1. The molecular formula is C20H16Cl3N3O2. The molecule has 1 N–H and O–H groups in total. The van der Waals surface area contributed by atoms with Gasteiger partial charge < -0.3 is 4.42 Å². The number of halogens is 3. The molecule has 0 aliphatic heterocycles. The molecule has 1 amide bonds. The standard InChI is InChI=1S/C20H16Cl3N3O2/c21-13-5-3-12(4-6-13)20(9-1-2-10-20)18(27)24-19-26-25-17(28-19)15-8-7-14(22)11-16(15)23/h3-8,11H,1-2,9-10H2,(H,24,26,27). The molecule has 28 heavy (non-hydrogen) atoms. The fraction of sp³-hybridized carbons (Fsp3) is 0.250. The highest BCUT2D eigenvalue weighted by atomic mass is 35.5. The Morgan fingerprint density at radius 1 is 0.964 bits per heavy atom. The molecule has 2 aromatic carbocycles. The topological polar surface area (TPSA) is 68.0 Å². The van der Waals surface area contributed by atoms with Crippen LogP contribution in [0.1, 0.15) is 31.2 Å². The number of rotatable bonds is 4. The van der Waals surface area contributed by atoms with Gasteiger partial charge in [-0.05, 0) is 48.7 Å². The summed E-state index contributed by atoms with van der Waals surface area (Å²) in [5.74, 6) is 0.0497. The Hall–Kier alpha value is -2.08. The first-order valence-corrected chi connectivity index (χ1v) is 9.98. The van der Waals surface area contributed by atoms with Crippen molar-refractivity contribution in [1.29, 1.82) is 0 Å². The van der Waals surface area contributed by atoms with Gasteiger partial charge in [-0.1, -0.05) is 64.9 Å². The van der Waals surface area contributed by atoms with Crippen molar-refractivity contribution >= 4 is 46.7 Å². The van der Waals surface area contributed by atoms with Crippen molar-refractivity contribution in [1.82, 2.24) is 10.2 Å². The highest BCUT2D eigenvalue weighted by Crippen LogP contribution is 2.42. The van der Waals surface area contributed by atoms with Crippen molar-refractivity contribution in [3.63, 3.8) is 0 Å². The predicted molar refractivity (Wildman–Crippen MR) is 110 cm³/mol. The van der Waals surface area contributed by atoms with Gasteiger partial charge in [-0.25, -0.2) is 0 Å². The maximum Gasteiger partial charge on any atom is 0.322 e. The zero-order chi connectivity index (χ0) is 19.7. The van der Waals surface area contributed by atoms with Crippen LogP contribution < -0.4 is 5.32 Å². The molecule has 0 bridgehead atoms. The third kappa shape index (κ3) is 3.62. The van der Waals surface area contributed by atoms with Gasteiger partial charge in [-0.15, -0.1) is 5.10 Å². The van der Waals surface area contributed by atoms with Crippen LogP contribution in [0.5, 0.6) is 0 Å². The van der Waals surface area contributed by atoms with Crippen molar-refractivity contribution in [3.05, 3.63) is 63.1 Å². The van der Waals surface area contributed by atoms with E-state index in [9.17, 15) is 4.79 Å². The minimum atomic E-state index is -0.628. The molecular weight excluding hydrogens is 421 g/mol. The van der Waals surface area contributed by atoms with Crippen LogP contribution in [0.25, 0.3) is 11.5 Å². The first-order chi connectivity index (χ1) is 13.5. The van der Waals surface area contributed by atoms with Crippen molar-refractivity contribution in [2.75, 3.05) is 5.32 Å². The Kier molecular flexibility index (Phi) is 5.32. The third-order valence-corrected chi connectivity index (χ3v) is 5.90. The lowest BCUT2D eigenvalue weighted by Gasteiger charge is -2.27. The third-order valence-electron chi connectivity index (χ3n) is 5.10. The summed E-state index contributed by atoms with van der Waals surface area (Å²) in [7, 11) is 0. The summed E-state index contributed by atoms with van der Waals surface area (Å²) in [6.07, 6.45) is 3.46. The number of nitrogens with one attached hydrogen (secondary N) is 1. The van der Waals surface area contributed by atoms with E-state index in [0.29, 0.717) is 20.6 Å². The number of carbonyl (C=O) groups excluding carboxylic acids is 1. The average Bonchev–Trinajstić information content (AvgIpc) is 3.33. The molecule has 0 saturated heterocycles. The van der Waals surface area contributed by atoms with Crippen LogP contribution in [0.15, 0.2) is 46.9 Å². The fourth-order valence-electron chi connectivity index (χ4n) is 3.66. The number of hydrogen-bond donors (Lipinski definition) is 1. The largest absolute Gasteiger partial charge is 0.403 e. The second-order valence-electron chi connectivity index (χ2n) is 6.79. The Labute approximate surface area is 177 Å². The van der Waals surface area contributed by atoms with Crippen molar-refractivity contribution in [2.45, 2.75) is 31.1 Å². The molecule has 5 nitrogen and oxygen atoms in total. The van der Waals surface area contributed by atoms with E-state index in [1.807, 2.05) is 12.1 Å².